The van der Waals surface area contributed by atoms with Crippen molar-refractivity contribution in [2.75, 3.05) is 7.11 Å². The van der Waals surface area contributed by atoms with Crippen LogP contribution in [-0.4, -0.2) is 13.1 Å². The van der Waals surface area contributed by atoms with Crippen molar-refractivity contribution in [3.8, 4) is 0 Å². The van der Waals surface area contributed by atoms with Crippen LogP contribution < -0.4 is 5.73 Å². The van der Waals surface area contributed by atoms with Gasteiger partial charge < -0.3 is 10.5 Å². The van der Waals surface area contributed by atoms with E-state index in [4.69, 9.17) is 5.73 Å². The van der Waals surface area contributed by atoms with Gasteiger partial charge in [0.25, 0.3) is 0 Å². The predicted molar refractivity (Wildman–Crippen MR) is 58.1 cm³/mol. The average molecular weight is 258 g/mol. The fraction of sp³-hybridized carbons (Fsp3) is 0.300. The Morgan fingerprint density at radius 3 is 2.71 bits per heavy atom. The number of benzene rings is 1. The Bertz CT molecular complexity index is 350. The average Bonchev–Trinajstić information content (AvgIpc) is 2.16. The Kier molecular flexibility index (Phi) is 3.66. The fourth-order valence-corrected chi connectivity index (χ4v) is 1.58. The standard InChI is InChI=1S/C10H12BrNO2/c1-6(12)9-5-7(11)3-4-8(9)10(13)14-2/h3-6H,12H2,1-2H3/t6-/m0/s1. The Morgan fingerprint density at radius 2 is 2.21 bits per heavy atom. The molecule has 0 aliphatic rings. The number of hydrogen-bond acceptors (Lipinski definition) is 3. The van der Waals surface area contributed by atoms with E-state index in [0.717, 1.165) is 10.0 Å². The SMILES string of the molecule is COC(=O)c1ccc(Br)cc1[C@H](C)N. The molecule has 0 radical (unpaired) electrons. The molecule has 0 saturated heterocycles. The lowest BCUT2D eigenvalue weighted by Crippen LogP contribution is -2.12. The van der Waals surface area contributed by atoms with Gasteiger partial charge in [0.2, 0.25) is 0 Å². The van der Waals surface area contributed by atoms with Gasteiger partial charge in [0.05, 0.1) is 12.7 Å². The van der Waals surface area contributed by atoms with Crippen molar-refractivity contribution >= 4 is 21.9 Å². The maximum atomic E-state index is 11.4. The van der Waals surface area contributed by atoms with Crippen molar-refractivity contribution in [1.82, 2.24) is 0 Å². The molecule has 14 heavy (non-hydrogen) atoms. The van der Waals surface area contributed by atoms with Gasteiger partial charge in [-0.25, -0.2) is 4.79 Å². The van der Waals surface area contributed by atoms with E-state index in [0.29, 0.717) is 5.56 Å². The number of carbonyl (C=O) groups is 1. The molecule has 0 heterocycles. The number of hydrogen-bond donors (Lipinski definition) is 1. The molecule has 0 spiro atoms. The van der Waals surface area contributed by atoms with E-state index in [1.54, 1.807) is 12.1 Å². The van der Waals surface area contributed by atoms with E-state index in [1.807, 2.05) is 13.0 Å². The predicted octanol–water partition coefficient (Wildman–Crippen LogP) is 2.26. The molecular formula is C10H12BrNO2. The second-order valence-electron chi connectivity index (χ2n) is 3.01. The highest BCUT2D eigenvalue weighted by Crippen LogP contribution is 2.21. The summed E-state index contributed by atoms with van der Waals surface area (Å²) in [5.41, 5.74) is 7.05. The summed E-state index contributed by atoms with van der Waals surface area (Å²) < 4.78 is 5.56. The molecule has 2 N–H and O–H groups in total. The highest BCUT2D eigenvalue weighted by molar-refractivity contribution is 9.10. The maximum Gasteiger partial charge on any atom is 0.338 e. The number of rotatable bonds is 2. The molecule has 1 rings (SSSR count). The van der Waals surface area contributed by atoms with Crippen LogP contribution in [0.4, 0.5) is 0 Å². The molecule has 1 atom stereocenters. The van der Waals surface area contributed by atoms with E-state index in [1.165, 1.54) is 7.11 Å². The molecule has 0 unspecified atom stereocenters. The first-order chi connectivity index (χ1) is 6.56. The minimum absolute atomic E-state index is 0.193. The molecule has 1 aromatic rings. The molecule has 0 bridgehead atoms. The van der Waals surface area contributed by atoms with Crippen molar-refractivity contribution in [3.05, 3.63) is 33.8 Å². The molecule has 0 aliphatic carbocycles. The maximum absolute atomic E-state index is 11.4. The van der Waals surface area contributed by atoms with Gasteiger partial charge in [0, 0.05) is 10.5 Å². The van der Waals surface area contributed by atoms with Gasteiger partial charge in [-0.2, -0.15) is 0 Å². The Balaban J connectivity index is 3.21. The lowest BCUT2D eigenvalue weighted by atomic mass is 10.0. The Hall–Kier alpha value is -0.870. The van der Waals surface area contributed by atoms with Crippen molar-refractivity contribution in [2.45, 2.75) is 13.0 Å². The molecule has 0 aromatic heterocycles. The Labute approximate surface area is 91.4 Å². The van der Waals surface area contributed by atoms with E-state index >= 15 is 0 Å². The summed E-state index contributed by atoms with van der Waals surface area (Å²) in [6.45, 7) is 1.83. The minimum atomic E-state index is -0.357. The first-order valence-electron chi connectivity index (χ1n) is 4.19. The molecule has 0 saturated carbocycles. The third kappa shape index (κ3) is 2.33. The van der Waals surface area contributed by atoms with Gasteiger partial charge in [-0.15, -0.1) is 0 Å². The van der Waals surface area contributed by atoms with Crippen LogP contribution in [0.15, 0.2) is 22.7 Å². The third-order valence-corrected chi connectivity index (χ3v) is 2.40. The number of esters is 1. The van der Waals surface area contributed by atoms with Gasteiger partial charge in [0.1, 0.15) is 0 Å². The highest BCUT2D eigenvalue weighted by atomic mass is 79.9. The summed E-state index contributed by atoms with van der Waals surface area (Å²) in [4.78, 5) is 11.4. The first kappa shape index (κ1) is 11.2. The summed E-state index contributed by atoms with van der Waals surface area (Å²) in [5.74, 6) is -0.357. The molecule has 1 aromatic carbocycles. The number of halogens is 1. The zero-order valence-corrected chi connectivity index (χ0v) is 9.67. The summed E-state index contributed by atoms with van der Waals surface area (Å²) in [7, 11) is 1.36. The second kappa shape index (κ2) is 4.57. The van der Waals surface area contributed by atoms with Crippen LogP contribution in [0.2, 0.25) is 0 Å². The fourth-order valence-electron chi connectivity index (χ4n) is 1.21. The van der Waals surface area contributed by atoms with Crippen LogP contribution in [0, 0.1) is 0 Å². The lowest BCUT2D eigenvalue weighted by molar-refractivity contribution is 0.0599. The van der Waals surface area contributed by atoms with Crippen molar-refractivity contribution < 1.29 is 9.53 Å². The summed E-state index contributed by atoms with van der Waals surface area (Å²) in [6, 6.07) is 5.13. The van der Waals surface area contributed by atoms with Gasteiger partial charge >= 0.3 is 5.97 Å². The normalized spacial score (nSPS) is 12.3. The summed E-state index contributed by atoms with van der Waals surface area (Å²) >= 11 is 3.33. The van der Waals surface area contributed by atoms with Gasteiger partial charge in [-0.05, 0) is 30.7 Å². The summed E-state index contributed by atoms with van der Waals surface area (Å²) in [5, 5.41) is 0. The highest BCUT2D eigenvalue weighted by Gasteiger charge is 2.14. The quantitative estimate of drug-likeness (QED) is 0.828. The van der Waals surface area contributed by atoms with Crippen LogP contribution in [0.1, 0.15) is 28.9 Å². The van der Waals surface area contributed by atoms with Crippen LogP contribution >= 0.6 is 15.9 Å². The largest absolute Gasteiger partial charge is 0.465 e. The van der Waals surface area contributed by atoms with Crippen molar-refractivity contribution in [3.63, 3.8) is 0 Å². The third-order valence-electron chi connectivity index (χ3n) is 1.91. The molecule has 4 heteroatoms. The molecule has 0 aliphatic heterocycles. The molecule has 0 fully saturated rings. The number of ether oxygens (including phenoxy) is 1. The van der Waals surface area contributed by atoms with Crippen LogP contribution in [0.25, 0.3) is 0 Å². The smallest absolute Gasteiger partial charge is 0.338 e. The minimum Gasteiger partial charge on any atom is -0.465 e. The van der Waals surface area contributed by atoms with E-state index in [2.05, 4.69) is 20.7 Å². The monoisotopic (exact) mass is 257 g/mol. The van der Waals surface area contributed by atoms with Gasteiger partial charge in [0.15, 0.2) is 0 Å². The lowest BCUT2D eigenvalue weighted by Gasteiger charge is -2.11. The van der Waals surface area contributed by atoms with Gasteiger partial charge in [-0.3, -0.25) is 0 Å². The van der Waals surface area contributed by atoms with E-state index in [9.17, 15) is 4.79 Å². The zero-order chi connectivity index (χ0) is 10.7. The second-order valence-corrected chi connectivity index (χ2v) is 3.93. The van der Waals surface area contributed by atoms with E-state index in [-0.39, 0.29) is 12.0 Å². The van der Waals surface area contributed by atoms with Crippen LogP contribution in [0.3, 0.4) is 0 Å². The first-order valence-corrected chi connectivity index (χ1v) is 4.99. The number of nitrogens with two attached hydrogens (primary N) is 1. The van der Waals surface area contributed by atoms with Crippen molar-refractivity contribution in [2.24, 2.45) is 5.73 Å². The number of carbonyl (C=O) groups excluding carboxylic acids is 1. The number of methoxy groups -OCH3 is 1. The topological polar surface area (TPSA) is 52.3 Å². The van der Waals surface area contributed by atoms with Crippen LogP contribution in [0.5, 0.6) is 0 Å². The van der Waals surface area contributed by atoms with Crippen LogP contribution in [-0.2, 0) is 4.74 Å². The molecule has 3 nitrogen and oxygen atoms in total. The molecule has 76 valence electrons. The molecular weight excluding hydrogens is 246 g/mol. The Morgan fingerprint density at radius 1 is 1.57 bits per heavy atom. The zero-order valence-electron chi connectivity index (χ0n) is 8.08. The summed E-state index contributed by atoms with van der Waals surface area (Å²) in [6.07, 6.45) is 0. The van der Waals surface area contributed by atoms with Crippen molar-refractivity contribution in [1.29, 1.82) is 0 Å². The molecule has 0 amide bonds. The van der Waals surface area contributed by atoms with E-state index < -0.39 is 0 Å². The van der Waals surface area contributed by atoms with Gasteiger partial charge in [-0.1, -0.05) is 15.9 Å².